The molecule has 0 saturated carbocycles. The molecule has 15 heteroatoms. The summed E-state index contributed by atoms with van der Waals surface area (Å²) in [6, 6.07) is 14.6. The quantitative estimate of drug-likeness (QED) is 0.173. The highest BCUT2D eigenvalue weighted by atomic mass is 16.5. The number of hydrogen-bond donors (Lipinski definition) is 1. The maximum absolute atomic E-state index is 13.8. The lowest BCUT2D eigenvalue weighted by Crippen LogP contribution is -2.28. The van der Waals surface area contributed by atoms with Crippen LogP contribution in [0.5, 0.6) is 5.75 Å². The van der Waals surface area contributed by atoms with Crippen molar-refractivity contribution in [3.63, 3.8) is 0 Å². The maximum Gasteiger partial charge on any atom is 0.298 e. The van der Waals surface area contributed by atoms with Crippen molar-refractivity contribution in [3.05, 3.63) is 99.3 Å². The van der Waals surface area contributed by atoms with Crippen LogP contribution in [0.25, 0.3) is 22.1 Å². The number of carbonyl (C=O) groups is 3. The van der Waals surface area contributed by atoms with E-state index < -0.39 is 17.7 Å². The maximum atomic E-state index is 13.8. The lowest BCUT2D eigenvalue weighted by atomic mass is 10.1. The molecule has 0 radical (unpaired) electrons. The summed E-state index contributed by atoms with van der Waals surface area (Å²) in [6.07, 6.45) is 0. The van der Waals surface area contributed by atoms with Crippen LogP contribution in [-0.4, -0.2) is 62.2 Å². The molecule has 0 saturated heterocycles. The van der Waals surface area contributed by atoms with Crippen LogP contribution in [0.3, 0.4) is 0 Å². The molecule has 0 aliphatic carbocycles. The van der Waals surface area contributed by atoms with Crippen LogP contribution in [-0.2, 0) is 40.3 Å². The number of ether oxygens (including phenoxy) is 1. The molecule has 0 spiro atoms. The summed E-state index contributed by atoms with van der Waals surface area (Å²) >= 11 is 0. The Labute approximate surface area is 325 Å². The van der Waals surface area contributed by atoms with Crippen molar-refractivity contribution >= 4 is 39.8 Å². The van der Waals surface area contributed by atoms with Crippen molar-refractivity contribution < 1.29 is 19.1 Å². The van der Waals surface area contributed by atoms with Gasteiger partial charge < -0.3 is 28.7 Å². The highest BCUT2D eigenvalue weighted by Crippen LogP contribution is 2.27. The van der Waals surface area contributed by atoms with Crippen LogP contribution < -0.4 is 21.7 Å². The van der Waals surface area contributed by atoms with E-state index >= 15 is 0 Å². The Hall–Kier alpha value is -6.25. The third-order valence-electron chi connectivity index (χ3n) is 9.94. The van der Waals surface area contributed by atoms with E-state index in [1.165, 1.54) is 0 Å². The normalized spacial score (nSPS) is 13.1. The fraction of sp³-hybridized carbons (Fsp3) is 0.390. The summed E-state index contributed by atoms with van der Waals surface area (Å²) < 4.78 is 17.4. The molecular formula is C41H51N11O4. The average molecular weight is 762 g/mol. The van der Waals surface area contributed by atoms with Crippen LogP contribution in [0.1, 0.15) is 84.3 Å². The van der Waals surface area contributed by atoms with E-state index in [4.69, 9.17) is 15.5 Å². The summed E-state index contributed by atoms with van der Waals surface area (Å²) in [5.41, 5.74) is 14.2. The molecule has 0 aliphatic heterocycles. The van der Waals surface area contributed by atoms with E-state index in [2.05, 4.69) is 29.0 Å². The number of hydrogen-bond acceptors (Lipinski definition) is 6. The Morgan fingerprint density at radius 2 is 1.29 bits per heavy atom. The summed E-state index contributed by atoms with van der Waals surface area (Å²) in [7, 11) is 3.71. The molecule has 2 aromatic carbocycles. The number of fused-ring (bicyclic) bond motifs is 2. The largest absolute Gasteiger partial charge is 0.491 e. The smallest absolute Gasteiger partial charge is 0.298 e. The summed E-state index contributed by atoms with van der Waals surface area (Å²) in [6.45, 7) is 18.1. The lowest BCUT2D eigenvalue weighted by Gasteiger charge is -2.14. The van der Waals surface area contributed by atoms with Gasteiger partial charge in [-0.2, -0.15) is 20.2 Å². The number of primary amides is 1. The second-order valence-electron chi connectivity index (χ2n) is 14.7. The van der Waals surface area contributed by atoms with Gasteiger partial charge in [-0.05, 0) is 89.9 Å². The predicted molar refractivity (Wildman–Crippen MR) is 214 cm³/mol. The number of benzene rings is 2. The number of carbonyl (C=O) groups excluding carboxylic acids is 3. The van der Waals surface area contributed by atoms with Gasteiger partial charge in [-0.25, -0.2) is 0 Å². The topological polar surface area (TPSA) is 167 Å². The Bertz CT molecular complexity index is 2690. The number of imidazole rings is 2. The van der Waals surface area contributed by atoms with Gasteiger partial charge in [-0.15, -0.1) is 0 Å². The number of allylic oxidation sites excluding steroid dienone is 2. The molecule has 3 amide bonds. The van der Waals surface area contributed by atoms with Gasteiger partial charge in [-0.3, -0.25) is 23.7 Å². The number of aromatic nitrogens is 8. The van der Waals surface area contributed by atoms with Gasteiger partial charge in [0.2, 0.25) is 17.1 Å². The number of aryl methyl sites for hydroxylation is 6. The number of rotatable bonds is 12. The fourth-order valence-electron chi connectivity index (χ4n) is 6.92. The van der Waals surface area contributed by atoms with Crippen molar-refractivity contribution in [1.82, 2.24) is 37.8 Å². The summed E-state index contributed by atoms with van der Waals surface area (Å²) in [4.78, 5) is 49.1. The predicted octanol–water partition coefficient (Wildman–Crippen LogP) is 4.98. The van der Waals surface area contributed by atoms with Crippen molar-refractivity contribution in [3.8, 4) is 5.75 Å². The van der Waals surface area contributed by atoms with E-state index in [1.807, 2.05) is 93.6 Å². The second kappa shape index (κ2) is 15.8. The van der Waals surface area contributed by atoms with Crippen LogP contribution in [0, 0.1) is 19.8 Å². The van der Waals surface area contributed by atoms with Gasteiger partial charge in [0.25, 0.3) is 11.8 Å². The fourth-order valence-corrected chi connectivity index (χ4v) is 6.92. The van der Waals surface area contributed by atoms with Gasteiger partial charge in [-0.1, -0.05) is 31.1 Å². The first kappa shape index (κ1) is 39.4. The monoisotopic (exact) mass is 761 g/mol. The Morgan fingerprint density at radius 3 is 1.82 bits per heavy atom. The van der Waals surface area contributed by atoms with Gasteiger partial charge in [0.15, 0.2) is 0 Å². The van der Waals surface area contributed by atoms with Crippen LogP contribution in [0.15, 0.2) is 69.7 Å². The molecule has 56 heavy (non-hydrogen) atoms. The lowest BCUT2D eigenvalue weighted by molar-refractivity contribution is 0.0977. The first-order valence-electron chi connectivity index (χ1n) is 18.9. The van der Waals surface area contributed by atoms with E-state index in [9.17, 15) is 14.4 Å². The standard InChI is InChI=1S/C41H51N11O4/c1-11-51-33(18-27(7)45-51)38(54)43-40-48(10)32-20-29(37(42)53)16-17-30(32)49(40)21-25(5)26(6)22-50-36-31(14-13-15-35(36)56-23-24(3)4)47(9)41(50)44-39(55)34-19-28(8)46-52(34)12-2/h13-20,24H,11-12,21-23H2,1-10H3,(H2,42,53)/b26-25+,43-40+,44-41+. The Kier molecular flexibility index (Phi) is 11.2. The molecule has 6 aromatic rings. The molecule has 0 atom stereocenters. The van der Waals surface area contributed by atoms with Gasteiger partial charge in [0.05, 0.1) is 34.5 Å². The molecule has 4 aromatic heterocycles. The molecule has 0 fully saturated rings. The third-order valence-corrected chi connectivity index (χ3v) is 9.94. The minimum Gasteiger partial charge on any atom is -0.491 e. The number of amides is 3. The van der Waals surface area contributed by atoms with Crippen LogP contribution in [0.2, 0.25) is 0 Å². The zero-order valence-electron chi connectivity index (χ0n) is 33.9. The molecule has 294 valence electrons. The van der Waals surface area contributed by atoms with Crippen LogP contribution >= 0.6 is 0 Å². The molecular weight excluding hydrogens is 711 g/mol. The van der Waals surface area contributed by atoms with Gasteiger partial charge in [0.1, 0.15) is 22.7 Å². The molecule has 4 heterocycles. The highest BCUT2D eigenvalue weighted by molar-refractivity contribution is 5.97. The second-order valence-corrected chi connectivity index (χ2v) is 14.7. The number of para-hydroxylation sites is 1. The van der Waals surface area contributed by atoms with E-state index in [0.717, 1.165) is 39.1 Å². The number of nitrogens with two attached hydrogens (primary N) is 1. The van der Waals surface area contributed by atoms with E-state index in [0.29, 0.717) is 78.2 Å². The summed E-state index contributed by atoms with van der Waals surface area (Å²) in [5.74, 6) is -0.398. The molecule has 2 N–H and O–H groups in total. The van der Waals surface area contributed by atoms with E-state index in [-0.39, 0.29) is 0 Å². The molecule has 0 aliphatic rings. The van der Waals surface area contributed by atoms with Crippen molar-refractivity contribution in [2.24, 2.45) is 35.7 Å². The zero-order chi connectivity index (χ0) is 40.6. The molecule has 15 nitrogen and oxygen atoms in total. The van der Waals surface area contributed by atoms with Gasteiger partial charge >= 0.3 is 0 Å². The highest BCUT2D eigenvalue weighted by Gasteiger charge is 2.21. The minimum atomic E-state index is -0.554. The van der Waals surface area contributed by atoms with Gasteiger partial charge in [0, 0.05) is 45.8 Å². The molecule has 6 rings (SSSR count). The first-order valence-corrected chi connectivity index (χ1v) is 18.9. The molecule has 0 unspecified atom stereocenters. The SMILES string of the molecule is CCn1nc(C)cc1C(=O)/N=c1\n(C)c2cc(C(N)=O)ccc2n1C/C(C)=C(\C)Cn1/c(=N/C(=O)c2cc(C)nn2CC)n(C)c2cccc(OCC(C)C)c21. The van der Waals surface area contributed by atoms with Crippen molar-refractivity contribution in [2.75, 3.05) is 6.61 Å². The third kappa shape index (κ3) is 7.53. The van der Waals surface area contributed by atoms with Crippen molar-refractivity contribution in [1.29, 1.82) is 0 Å². The Balaban J connectivity index is 1.52. The summed E-state index contributed by atoms with van der Waals surface area (Å²) in [5, 5.41) is 8.91. The average Bonchev–Trinajstić information content (AvgIpc) is 3.89. The van der Waals surface area contributed by atoms with Crippen molar-refractivity contribution in [2.45, 2.75) is 81.6 Å². The first-order chi connectivity index (χ1) is 26.6. The number of nitrogens with zero attached hydrogens (tertiary/aromatic N) is 10. The van der Waals surface area contributed by atoms with Crippen LogP contribution in [0.4, 0.5) is 0 Å². The Morgan fingerprint density at radius 1 is 0.750 bits per heavy atom. The minimum absolute atomic E-state index is 0.296. The molecule has 0 bridgehead atoms. The van der Waals surface area contributed by atoms with E-state index in [1.54, 1.807) is 38.2 Å². The zero-order valence-corrected chi connectivity index (χ0v) is 33.9.